The summed E-state index contributed by atoms with van der Waals surface area (Å²) >= 11 is 0. The molecule has 0 radical (unpaired) electrons. The Balaban J connectivity index is 3.96. The van der Waals surface area contributed by atoms with Gasteiger partial charge < -0.3 is 9.80 Å². The summed E-state index contributed by atoms with van der Waals surface area (Å²) in [4.78, 5) is 4.60. The molecule has 0 fully saturated rings. The molecular weight excluding hydrogens is 248 g/mol. The minimum atomic E-state index is -0.319. The summed E-state index contributed by atoms with van der Waals surface area (Å²) in [5, 5.41) is 12.9. The largest absolute Gasteiger partial charge is 0.309 e. The number of hydrogen-bond donors (Lipinski definition) is 1. The molecule has 20 heavy (non-hydrogen) atoms. The van der Waals surface area contributed by atoms with E-state index in [-0.39, 0.29) is 5.54 Å². The zero-order chi connectivity index (χ0) is 15.4. The van der Waals surface area contributed by atoms with Gasteiger partial charge in [0.2, 0.25) is 0 Å². The molecule has 0 saturated heterocycles. The van der Waals surface area contributed by atoms with Crippen LogP contribution in [0.15, 0.2) is 0 Å². The molecule has 118 valence electrons. The maximum absolute atomic E-state index is 9.44. The fraction of sp³-hybridized carbons (Fsp3) is 0.938. The first-order valence-corrected chi connectivity index (χ1v) is 7.99. The van der Waals surface area contributed by atoms with E-state index in [9.17, 15) is 5.26 Å². The molecule has 1 atom stereocenters. The average molecular weight is 282 g/mol. The first-order valence-electron chi connectivity index (χ1n) is 7.99. The Morgan fingerprint density at radius 3 is 2.20 bits per heavy atom. The predicted molar refractivity (Wildman–Crippen MR) is 86.8 cm³/mol. The van der Waals surface area contributed by atoms with Crippen molar-refractivity contribution < 1.29 is 0 Å². The molecule has 1 unspecified atom stereocenters. The summed E-state index contributed by atoms with van der Waals surface area (Å²) in [5.41, 5.74) is -0.319. The highest BCUT2D eigenvalue weighted by molar-refractivity contribution is 5.06. The Kier molecular flexibility index (Phi) is 10.7. The Hall–Kier alpha value is -0.630. The first kappa shape index (κ1) is 19.4. The fourth-order valence-corrected chi connectivity index (χ4v) is 2.35. The standard InChI is InChI=1S/C16H34N4/c1-6-11-18-16(7-2,15-17)10-8-13-20(5)14-9-12-19(3)4/h18H,6-14H2,1-5H3. The van der Waals surface area contributed by atoms with E-state index in [1.807, 2.05) is 0 Å². The van der Waals surface area contributed by atoms with Crippen LogP contribution in [0, 0.1) is 11.3 Å². The molecule has 4 nitrogen and oxygen atoms in total. The van der Waals surface area contributed by atoms with Gasteiger partial charge in [-0.25, -0.2) is 0 Å². The van der Waals surface area contributed by atoms with Crippen molar-refractivity contribution >= 4 is 0 Å². The highest BCUT2D eigenvalue weighted by atomic mass is 15.1. The average Bonchev–Trinajstić information content (AvgIpc) is 2.42. The van der Waals surface area contributed by atoms with Gasteiger partial charge in [-0.15, -0.1) is 0 Å². The minimum Gasteiger partial charge on any atom is -0.309 e. The number of nitriles is 1. The van der Waals surface area contributed by atoms with Crippen molar-refractivity contribution in [1.29, 1.82) is 5.26 Å². The van der Waals surface area contributed by atoms with E-state index >= 15 is 0 Å². The highest BCUT2D eigenvalue weighted by Gasteiger charge is 2.26. The first-order chi connectivity index (χ1) is 9.49. The second-order valence-corrected chi connectivity index (χ2v) is 6.04. The van der Waals surface area contributed by atoms with Gasteiger partial charge in [0.15, 0.2) is 0 Å². The van der Waals surface area contributed by atoms with Crippen molar-refractivity contribution in [3.05, 3.63) is 0 Å². The van der Waals surface area contributed by atoms with Crippen LogP contribution in [0.1, 0.15) is 46.0 Å². The van der Waals surface area contributed by atoms with E-state index in [1.54, 1.807) is 0 Å². The molecule has 1 N–H and O–H groups in total. The normalized spacial score (nSPS) is 14.5. The molecule has 0 aliphatic carbocycles. The molecule has 0 aliphatic rings. The third-order valence-corrected chi connectivity index (χ3v) is 3.82. The third kappa shape index (κ3) is 8.52. The van der Waals surface area contributed by atoms with Crippen LogP contribution in [0.25, 0.3) is 0 Å². The van der Waals surface area contributed by atoms with Crippen LogP contribution in [0.2, 0.25) is 0 Å². The van der Waals surface area contributed by atoms with Gasteiger partial charge >= 0.3 is 0 Å². The number of nitrogens with one attached hydrogen (secondary N) is 1. The maximum atomic E-state index is 9.44. The summed E-state index contributed by atoms with van der Waals surface area (Å²) in [6, 6.07) is 2.50. The predicted octanol–water partition coefficient (Wildman–Crippen LogP) is 2.32. The Morgan fingerprint density at radius 1 is 1.05 bits per heavy atom. The molecule has 0 heterocycles. The van der Waals surface area contributed by atoms with Gasteiger partial charge in [-0.05, 0) is 79.4 Å². The lowest BCUT2D eigenvalue weighted by molar-refractivity contribution is 0.277. The van der Waals surface area contributed by atoms with Crippen LogP contribution in [0.4, 0.5) is 0 Å². The van der Waals surface area contributed by atoms with E-state index in [2.05, 4.69) is 56.2 Å². The van der Waals surface area contributed by atoms with E-state index in [0.717, 1.165) is 51.9 Å². The number of rotatable bonds is 12. The maximum Gasteiger partial charge on any atom is 0.106 e. The number of nitrogens with zero attached hydrogens (tertiary/aromatic N) is 3. The van der Waals surface area contributed by atoms with Crippen molar-refractivity contribution in [2.75, 3.05) is 47.3 Å². The highest BCUT2D eigenvalue weighted by Crippen LogP contribution is 2.17. The second kappa shape index (κ2) is 11.1. The van der Waals surface area contributed by atoms with E-state index in [0.29, 0.717) is 0 Å². The summed E-state index contributed by atoms with van der Waals surface area (Å²) in [6.07, 6.45) is 5.19. The summed E-state index contributed by atoms with van der Waals surface area (Å²) in [5.74, 6) is 0. The Bertz CT molecular complexity index is 272. The molecule has 0 aromatic heterocycles. The molecule has 0 aromatic carbocycles. The molecular formula is C16H34N4. The van der Waals surface area contributed by atoms with E-state index in [4.69, 9.17) is 0 Å². The third-order valence-electron chi connectivity index (χ3n) is 3.82. The van der Waals surface area contributed by atoms with Crippen LogP contribution >= 0.6 is 0 Å². The zero-order valence-electron chi connectivity index (χ0n) is 14.2. The van der Waals surface area contributed by atoms with Crippen molar-refractivity contribution in [1.82, 2.24) is 15.1 Å². The Labute approximate surface area is 126 Å². The molecule has 0 rings (SSSR count). The van der Waals surface area contributed by atoms with Gasteiger partial charge in [-0.3, -0.25) is 5.32 Å². The van der Waals surface area contributed by atoms with Gasteiger partial charge in [-0.1, -0.05) is 13.8 Å². The van der Waals surface area contributed by atoms with E-state index < -0.39 is 0 Å². The van der Waals surface area contributed by atoms with Crippen LogP contribution in [-0.2, 0) is 0 Å². The van der Waals surface area contributed by atoms with Gasteiger partial charge in [0.05, 0.1) is 6.07 Å². The van der Waals surface area contributed by atoms with Crippen LogP contribution < -0.4 is 5.32 Å². The van der Waals surface area contributed by atoms with Crippen molar-refractivity contribution in [3.63, 3.8) is 0 Å². The molecule has 4 heteroatoms. The van der Waals surface area contributed by atoms with Crippen molar-refractivity contribution in [3.8, 4) is 6.07 Å². The Morgan fingerprint density at radius 2 is 1.70 bits per heavy atom. The monoisotopic (exact) mass is 282 g/mol. The topological polar surface area (TPSA) is 42.3 Å². The quantitative estimate of drug-likeness (QED) is 0.596. The lowest BCUT2D eigenvalue weighted by Crippen LogP contribution is -2.44. The van der Waals surface area contributed by atoms with Gasteiger partial charge in [0.1, 0.15) is 5.54 Å². The molecule has 0 saturated carbocycles. The van der Waals surface area contributed by atoms with Gasteiger partial charge in [-0.2, -0.15) is 5.26 Å². The van der Waals surface area contributed by atoms with Crippen molar-refractivity contribution in [2.45, 2.75) is 51.5 Å². The SMILES string of the molecule is CCCNC(C#N)(CC)CCCN(C)CCCN(C)C. The lowest BCUT2D eigenvalue weighted by atomic mass is 9.91. The number of hydrogen-bond acceptors (Lipinski definition) is 4. The van der Waals surface area contributed by atoms with Crippen LogP contribution in [-0.4, -0.2) is 62.7 Å². The molecule has 0 bridgehead atoms. The van der Waals surface area contributed by atoms with Gasteiger partial charge in [0.25, 0.3) is 0 Å². The zero-order valence-corrected chi connectivity index (χ0v) is 14.2. The smallest absolute Gasteiger partial charge is 0.106 e. The second-order valence-electron chi connectivity index (χ2n) is 6.04. The summed E-state index contributed by atoms with van der Waals surface area (Å²) in [6.45, 7) is 8.52. The van der Waals surface area contributed by atoms with Crippen LogP contribution in [0.5, 0.6) is 0 Å². The molecule has 0 aromatic rings. The fourth-order valence-electron chi connectivity index (χ4n) is 2.35. The minimum absolute atomic E-state index is 0.319. The lowest BCUT2D eigenvalue weighted by Gasteiger charge is -2.27. The molecule has 0 aliphatic heterocycles. The summed E-state index contributed by atoms with van der Waals surface area (Å²) in [7, 11) is 6.40. The van der Waals surface area contributed by atoms with Crippen molar-refractivity contribution in [2.24, 2.45) is 0 Å². The molecule has 0 amide bonds. The molecule has 0 spiro atoms. The van der Waals surface area contributed by atoms with E-state index in [1.165, 1.54) is 6.42 Å². The summed E-state index contributed by atoms with van der Waals surface area (Å²) < 4.78 is 0. The van der Waals surface area contributed by atoms with Crippen LogP contribution in [0.3, 0.4) is 0 Å². The van der Waals surface area contributed by atoms with Gasteiger partial charge in [0, 0.05) is 0 Å².